The zero-order chi connectivity index (χ0) is 10.0. The summed E-state index contributed by atoms with van der Waals surface area (Å²) in [5, 5.41) is 26.5. The van der Waals surface area contributed by atoms with E-state index in [0.29, 0.717) is 0 Å². The number of carboxylic acid groups (broad SMARTS) is 1. The molecular formula is C8H7ClO4. The molecule has 0 amide bonds. The van der Waals surface area contributed by atoms with Crippen LogP contribution in [0.3, 0.4) is 0 Å². The highest BCUT2D eigenvalue weighted by Gasteiger charge is 2.20. The molecule has 0 radical (unpaired) electrons. The molecule has 0 spiro atoms. The number of aromatic hydroxyl groups is 1. The number of halogens is 1. The van der Waals surface area contributed by atoms with Gasteiger partial charge in [0.15, 0.2) is 6.10 Å². The molecule has 0 aliphatic rings. The first-order valence-corrected chi connectivity index (χ1v) is 3.80. The minimum atomic E-state index is -1.71. The van der Waals surface area contributed by atoms with Crippen molar-refractivity contribution in [3.05, 3.63) is 28.8 Å². The Morgan fingerprint density at radius 2 is 2.08 bits per heavy atom. The lowest BCUT2D eigenvalue weighted by Gasteiger charge is -2.08. The molecule has 70 valence electrons. The lowest BCUT2D eigenvalue weighted by molar-refractivity contribution is -0.146. The van der Waals surface area contributed by atoms with E-state index in [0.717, 1.165) is 0 Å². The van der Waals surface area contributed by atoms with Crippen LogP contribution in [0.25, 0.3) is 0 Å². The average Bonchev–Trinajstić information content (AvgIpc) is 2.08. The minimum Gasteiger partial charge on any atom is -0.506 e. The summed E-state index contributed by atoms with van der Waals surface area (Å²) in [5.41, 5.74) is -0.0193. The molecule has 0 fully saturated rings. The van der Waals surface area contributed by atoms with Gasteiger partial charge in [-0.1, -0.05) is 23.7 Å². The fourth-order valence-corrected chi connectivity index (χ4v) is 1.11. The molecule has 0 aliphatic heterocycles. The SMILES string of the molecule is O=C(O)C(O)c1cccc(O)c1Cl. The summed E-state index contributed by atoms with van der Waals surface area (Å²) in [7, 11) is 0. The van der Waals surface area contributed by atoms with Gasteiger partial charge in [0, 0.05) is 5.56 Å². The van der Waals surface area contributed by atoms with Gasteiger partial charge in [0.2, 0.25) is 0 Å². The number of aliphatic carboxylic acids is 1. The minimum absolute atomic E-state index is 0.0193. The summed E-state index contributed by atoms with van der Waals surface area (Å²) in [4.78, 5) is 10.4. The summed E-state index contributed by atoms with van der Waals surface area (Å²) in [5.74, 6) is -1.66. The third-order valence-electron chi connectivity index (χ3n) is 1.54. The normalized spacial score (nSPS) is 12.5. The van der Waals surface area contributed by atoms with E-state index in [1.807, 2.05) is 0 Å². The molecule has 1 atom stereocenters. The Morgan fingerprint density at radius 1 is 1.46 bits per heavy atom. The first kappa shape index (κ1) is 9.83. The Hall–Kier alpha value is -1.26. The van der Waals surface area contributed by atoms with Crippen LogP contribution in [0.1, 0.15) is 11.7 Å². The van der Waals surface area contributed by atoms with E-state index < -0.39 is 12.1 Å². The van der Waals surface area contributed by atoms with Gasteiger partial charge < -0.3 is 15.3 Å². The Labute approximate surface area is 79.0 Å². The van der Waals surface area contributed by atoms with Crippen LogP contribution in [-0.4, -0.2) is 21.3 Å². The summed E-state index contributed by atoms with van der Waals surface area (Å²) >= 11 is 5.56. The molecule has 0 heterocycles. The maximum Gasteiger partial charge on any atom is 0.337 e. The number of carbonyl (C=O) groups is 1. The van der Waals surface area contributed by atoms with Crippen molar-refractivity contribution in [1.29, 1.82) is 0 Å². The number of phenolic OH excluding ortho intramolecular Hbond substituents is 1. The molecule has 0 aromatic heterocycles. The van der Waals surface area contributed by atoms with Crippen molar-refractivity contribution in [2.75, 3.05) is 0 Å². The fraction of sp³-hybridized carbons (Fsp3) is 0.125. The molecule has 1 aromatic rings. The highest BCUT2D eigenvalue weighted by molar-refractivity contribution is 6.33. The maximum absolute atomic E-state index is 10.4. The van der Waals surface area contributed by atoms with Gasteiger partial charge in [0.25, 0.3) is 0 Å². The molecule has 1 rings (SSSR count). The molecule has 3 N–H and O–H groups in total. The van der Waals surface area contributed by atoms with E-state index in [9.17, 15) is 4.79 Å². The van der Waals surface area contributed by atoms with E-state index in [4.69, 9.17) is 26.9 Å². The smallest absolute Gasteiger partial charge is 0.337 e. The van der Waals surface area contributed by atoms with E-state index in [1.54, 1.807) is 0 Å². The van der Waals surface area contributed by atoms with Crippen LogP contribution < -0.4 is 0 Å². The fourth-order valence-electron chi connectivity index (χ4n) is 0.881. The molecular weight excluding hydrogens is 196 g/mol. The van der Waals surface area contributed by atoms with Crippen molar-refractivity contribution in [2.45, 2.75) is 6.10 Å². The summed E-state index contributed by atoms with van der Waals surface area (Å²) in [6.07, 6.45) is -1.71. The van der Waals surface area contributed by atoms with Gasteiger partial charge in [-0.2, -0.15) is 0 Å². The predicted molar refractivity (Wildman–Crippen MR) is 45.7 cm³/mol. The Morgan fingerprint density at radius 3 is 2.62 bits per heavy atom. The van der Waals surface area contributed by atoms with Crippen molar-refractivity contribution in [2.24, 2.45) is 0 Å². The molecule has 0 aliphatic carbocycles. The first-order valence-electron chi connectivity index (χ1n) is 3.42. The summed E-state index contributed by atoms with van der Waals surface area (Å²) < 4.78 is 0. The van der Waals surface area contributed by atoms with Gasteiger partial charge >= 0.3 is 5.97 Å². The van der Waals surface area contributed by atoms with Crippen LogP contribution in [0.5, 0.6) is 5.75 Å². The first-order chi connectivity index (χ1) is 6.04. The van der Waals surface area contributed by atoms with Crippen LogP contribution in [0.15, 0.2) is 18.2 Å². The van der Waals surface area contributed by atoms with Crippen LogP contribution in [-0.2, 0) is 4.79 Å². The number of carboxylic acids is 1. The molecule has 13 heavy (non-hydrogen) atoms. The number of hydrogen-bond donors (Lipinski definition) is 3. The van der Waals surface area contributed by atoms with Crippen molar-refractivity contribution in [1.82, 2.24) is 0 Å². The Bertz CT molecular complexity index is 337. The zero-order valence-electron chi connectivity index (χ0n) is 6.44. The molecule has 5 heteroatoms. The molecule has 0 saturated heterocycles. The average molecular weight is 203 g/mol. The van der Waals surface area contributed by atoms with Crippen LogP contribution >= 0.6 is 11.6 Å². The number of rotatable bonds is 2. The van der Waals surface area contributed by atoms with E-state index in [-0.39, 0.29) is 16.3 Å². The summed E-state index contributed by atoms with van der Waals surface area (Å²) in [6.45, 7) is 0. The topological polar surface area (TPSA) is 77.8 Å². The van der Waals surface area contributed by atoms with Crippen molar-refractivity contribution in [3.63, 3.8) is 0 Å². The zero-order valence-corrected chi connectivity index (χ0v) is 7.19. The molecule has 4 nitrogen and oxygen atoms in total. The molecule has 0 bridgehead atoms. The maximum atomic E-state index is 10.4. The van der Waals surface area contributed by atoms with Crippen LogP contribution in [0.4, 0.5) is 0 Å². The van der Waals surface area contributed by atoms with E-state index in [1.165, 1.54) is 18.2 Å². The van der Waals surface area contributed by atoms with Crippen molar-refractivity contribution >= 4 is 17.6 Å². The van der Waals surface area contributed by atoms with Crippen molar-refractivity contribution < 1.29 is 20.1 Å². The van der Waals surface area contributed by atoms with Gasteiger partial charge in [-0.05, 0) is 6.07 Å². The largest absolute Gasteiger partial charge is 0.506 e. The van der Waals surface area contributed by atoms with Gasteiger partial charge in [-0.3, -0.25) is 0 Å². The molecule has 0 saturated carbocycles. The summed E-state index contributed by atoms with van der Waals surface area (Å²) in [6, 6.07) is 4.05. The number of phenols is 1. The van der Waals surface area contributed by atoms with Crippen molar-refractivity contribution in [3.8, 4) is 5.75 Å². The van der Waals surface area contributed by atoms with Gasteiger partial charge in [0.1, 0.15) is 5.75 Å². The lowest BCUT2D eigenvalue weighted by atomic mass is 10.1. The number of aliphatic hydroxyl groups excluding tert-OH is 1. The van der Waals surface area contributed by atoms with Gasteiger partial charge in [-0.25, -0.2) is 4.79 Å². The number of aliphatic hydroxyl groups is 1. The second-order valence-corrected chi connectivity index (χ2v) is 2.80. The highest BCUT2D eigenvalue weighted by atomic mass is 35.5. The second-order valence-electron chi connectivity index (χ2n) is 2.42. The van der Waals surface area contributed by atoms with E-state index in [2.05, 4.69) is 0 Å². The van der Waals surface area contributed by atoms with Gasteiger partial charge in [-0.15, -0.1) is 0 Å². The Balaban J connectivity index is 3.15. The molecule has 1 aromatic carbocycles. The third kappa shape index (κ3) is 1.91. The lowest BCUT2D eigenvalue weighted by Crippen LogP contribution is -2.10. The van der Waals surface area contributed by atoms with Crippen LogP contribution in [0, 0.1) is 0 Å². The highest BCUT2D eigenvalue weighted by Crippen LogP contribution is 2.30. The molecule has 1 unspecified atom stereocenters. The van der Waals surface area contributed by atoms with E-state index >= 15 is 0 Å². The third-order valence-corrected chi connectivity index (χ3v) is 1.95. The number of hydrogen-bond acceptors (Lipinski definition) is 3. The van der Waals surface area contributed by atoms with Crippen LogP contribution in [0.2, 0.25) is 5.02 Å². The monoisotopic (exact) mass is 202 g/mol. The standard InChI is InChI=1S/C8H7ClO4/c9-6-4(7(11)8(12)13)2-1-3-5(6)10/h1-3,7,10-11H,(H,12,13). The quantitative estimate of drug-likeness (QED) is 0.673. The second kappa shape index (κ2) is 3.64. The number of benzene rings is 1. The van der Waals surface area contributed by atoms with Gasteiger partial charge in [0.05, 0.1) is 5.02 Å². The Kier molecular flexibility index (Phi) is 2.75. The predicted octanol–water partition coefficient (Wildman–Crippen LogP) is 1.16.